The smallest absolute Gasteiger partial charge is 0.126 e. The van der Waals surface area contributed by atoms with Gasteiger partial charge in [0, 0.05) is 0 Å². The Balaban J connectivity index is 1.79. The molecule has 21 heavy (non-hydrogen) atoms. The second-order valence-corrected chi connectivity index (χ2v) is 6.38. The summed E-state index contributed by atoms with van der Waals surface area (Å²) in [5, 5.41) is 11.2. The Hall–Kier alpha value is -1.67. The van der Waals surface area contributed by atoms with E-state index in [-0.39, 0.29) is 5.82 Å². The number of halogens is 1. The monoisotopic (exact) mass is 282 g/mol. The highest BCUT2D eigenvalue weighted by atomic mass is 19.1. The molecule has 2 aromatic rings. The minimum Gasteiger partial charge on any atom is -0.380 e. The fourth-order valence-electron chi connectivity index (χ4n) is 3.73. The van der Waals surface area contributed by atoms with E-state index in [1.807, 2.05) is 18.2 Å². The molecule has 2 aliphatic carbocycles. The van der Waals surface area contributed by atoms with Crippen molar-refractivity contribution in [3.63, 3.8) is 0 Å². The second kappa shape index (κ2) is 4.67. The van der Waals surface area contributed by atoms with Crippen LogP contribution in [-0.2, 0) is 12.0 Å². The van der Waals surface area contributed by atoms with E-state index < -0.39 is 5.60 Å². The summed E-state index contributed by atoms with van der Waals surface area (Å²) >= 11 is 0. The number of benzene rings is 2. The third kappa shape index (κ3) is 1.93. The zero-order valence-corrected chi connectivity index (χ0v) is 12.0. The molecule has 2 aromatic carbocycles. The lowest BCUT2D eigenvalue weighted by Crippen LogP contribution is -2.24. The van der Waals surface area contributed by atoms with Gasteiger partial charge in [0.25, 0.3) is 0 Å². The molecule has 108 valence electrons. The summed E-state index contributed by atoms with van der Waals surface area (Å²) in [6, 6.07) is 13.3. The van der Waals surface area contributed by atoms with Crippen molar-refractivity contribution in [2.24, 2.45) is 0 Å². The summed E-state index contributed by atoms with van der Waals surface area (Å²) < 4.78 is 13.9. The molecule has 1 nitrogen and oxygen atoms in total. The van der Waals surface area contributed by atoms with Gasteiger partial charge in [0.2, 0.25) is 0 Å². The lowest BCUT2D eigenvalue weighted by Gasteiger charge is -2.29. The maximum absolute atomic E-state index is 13.9. The highest BCUT2D eigenvalue weighted by molar-refractivity contribution is 5.47. The molecule has 0 radical (unpaired) electrons. The first-order chi connectivity index (χ1) is 10.2. The van der Waals surface area contributed by atoms with E-state index in [0.717, 1.165) is 11.1 Å². The van der Waals surface area contributed by atoms with E-state index in [2.05, 4.69) is 12.1 Å². The summed E-state index contributed by atoms with van der Waals surface area (Å²) in [4.78, 5) is 0. The highest BCUT2D eigenvalue weighted by Crippen LogP contribution is 2.44. The second-order valence-electron chi connectivity index (χ2n) is 6.38. The van der Waals surface area contributed by atoms with Crippen molar-refractivity contribution in [2.45, 2.75) is 43.6 Å². The van der Waals surface area contributed by atoms with E-state index in [1.54, 1.807) is 6.07 Å². The molecule has 0 spiro atoms. The van der Waals surface area contributed by atoms with Crippen molar-refractivity contribution < 1.29 is 9.50 Å². The molecule has 0 aromatic heterocycles. The molecule has 0 heterocycles. The number of hydrogen-bond acceptors (Lipinski definition) is 1. The van der Waals surface area contributed by atoms with Gasteiger partial charge in [0.05, 0.1) is 0 Å². The number of hydrogen-bond donors (Lipinski definition) is 1. The SMILES string of the molecule is OC1(c2cccc(C3CCC3)c2)CCc2c(F)cccc21. The van der Waals surface area contributed by atoms with Gasteiger partial charge in [-0.2, -0.15) is 0 Å². The van der Waals surface area contributed by atoms with Gasteiger partial charge in [-0.25, -0.2) is 4.39 Å². The van der Waals surface area contributed by atoms with E-state index in [1.165, 1.54) is 30.9 Å². The molecule has 4 rings (SSSR count). The lowest BCUT2D eigenvalue weighted by atomic mass is 9.78. The van der Waals surface area contributed by atoms with Crippen LogP contribution in [0.5, 0.6) is 0 Å². The summed E-state index contributed by atoms with van der Waals surface area (Å²) in [7, 11) is 0. The molecular formula is C19H19FO. The van der Waals surface area contributed by atoms with E-state index in [4.69, 9.17) is 0 Å². The van der Waals surface area contributed by atoms with Crippen LogP contribution in [0, 0.1) is 5.82 Å². The normalized spacial score (nSPS) is 24.7. The number of fused-ring (bicyclic) bond motifs is 1. The van der Waals surface area contributed by atoms with E-state index >= 15 is 0 Å². The third-order valence-corrected chi connectivity index (χ3v) is 5.24. The van der Waals surface area contributed by atoms with Crippen LogP contribution >= 0.6 is 0 Å². The van der Waals surface area contributed by atoms with Crippen molar-refractivity contribution in [1.82, 2.24) is 0 Å². The van der Waals surface area contributed by atoms with Gasteiger partial charge in [-0.3, -0.25) is 0 Å². The maximum Gasteiger partial charge on any atom is 0.126 e. The highest BCUT2D eigenvalue weighted by Gasteiger charge is 2.39. The Kier molecular flexibility index (Phi) is 2.90. The van der Waals surface area contributed by atoms with Gasteiger partial charge in [0.1, 0.15) is 11.4 Å². The van der Waals surface area contributed by atoms with Gasteiger partial charge < -0.3 is 5.11 Å². The predicted octanol–water partition coefficient (Wildman–Crippen LogP) is 4.28. The summed E-state index contributed by atoms with van der Waals surface area (Å²) in [5.74, 6) is 0.445. The lowest BCUT2D eigenvalue weighted by molar-refractivity contribution is 0.0827. The minimum absolute atomic E-state index is 0.196. The standard InChI is InChI=1S/C19H19FO/c20-18-9-3-8-17-16(18)10-11-19(17,21)15-7-2-6-14(12-15)13-4-1-5-13/h2-3,6-9,12-13,21H,1,4-5,10-11H2. The van der Waals surface area contributed by atoms with Gasteiger partial charge in [-0.05, 0) is 59.9 Å². The molecule has 0 saturated heterocycles. The third-order valence-electron chi connectivity index (χ3n) is 5.24. The van der Waals surface area contributed by atoms with Crippen LogP contribution in [0.25, 0.3) is 0 Å². The van der Waals surface area contributed by atoms with Crippen LogP contribution in [0.1, 0.15) is 53.9 Å². The van der Waals surface area contributed by atoms with Crippen molar-refractivity contribution >= 4 is 0 Å². The average molecular weight is 282 g/mol. The van der Waals surface area contributed by atoms with Gasteiger partial charge in [-0.1, -0.05) is 42.8 Å². The maximum atomic E-state index is 13.9. The summed E-state index contributed by atoms with van der Waals surface area (Å²) in [6.07, 6.45) is 4.96. The average Bonchev–Trinajstić information content (AvgIpc) is 2.78. The first-order valence-electron chi connectivity index (χ1n) is 7.79. The van der Waals surface area contributed by atoms with Crippen molar-refractivity contribution in [3.05, 3.63) is 70.5 Å². The molecule has 0 bridgehead atoms. The Morgan fingerprint density at radius 2 is 1.90 bits per heavy atom. The largest absolute Gasteiger partial charge is 0.380 e. The van der Waals surface area contributed by atoms with Crippen LogP contribution in [0.2, 0.25) is 0 Å². The molecule has 1 saturated carbocycles. The molecular weight excluding hydrogens is 263 g/mol. The quantitative estimate of drug-likeness (QED) is 0.872. The van der Waals surface area contributed by atoms with Crippen LogP contribution in [0.3, 0.4) is 0 Å². The zero-order chi connectivity index (χ0) is 14.4. The van der Waals surface area contributed by atoms with Crippen molar-refractivity contribution in [1.29, 1.82) is 0 Å². The van der Waals surface area contributed by atoms with E-state index in [0.29, 0.717) is 24.3 Å². The van der Waals surface area contributed by atoms with E-state index in [9.17, 15) is 9.50 Å². The molecule has 1 unspecified atom stereocenters. The topological polar surface area (TPSA) is 20.2 Å². The van der Waals surface area contributed by atoms with Crippen LogP contribution in [-0.4, -0.2) is 5.11 Å². The van der Waals surface area contributed by atoms with Gasteiger partial charge >= 0.3 is 0 Å². The van der Waals surface area contributed by atoms with Crippen LogP contribution in [0.15, 0.2) is 42.5 Å². The molecule has 0 aliphatic heterocycles. The molecule has 0 amide bonds. The predicted molar refractivity (Wildman–Crippen MR) is 80.8 cm³/mol. The van der Waals surface area contributed by atoms with Crippen molar-refractivity contribution in [3.8, 4) is 0 Å². The van der Waals surface area contributed by atoms with Crippen LogP contribution in [0.4, 0.5) is 4.39 Å². The molecule has 2 heteroatoms. The fourth-order valence-corrected chi connectivity index (χ4v) is 3.73. The molecule has 1 fully saturated rings. The fraction of sp³-hybridized carbons (Fsp3) is 0.368. The first kappa shape index (κ1) is 13.0. The zero-order valence-electron chi connectivity index (χ0n) is 12.0. The van der Waals surface area contributed by atoms with Crippen LogP contribution < -0.4 is 0 Å². The number of aliphatic hydroxyl groups is 1. The Bertz CT molecular complexity index is 690. The Morgan fingerprint density at radius 1 is 1.10 bits per heavy atom. The minimum atomic E-state index is -1.03. The molecule has 1 atom stereocenters. The summed E-state index contributed by atoms with van der Waals surface area (Å²) in [6.45, 7) is 0. The van der Waals surface area contributed by atoms with Gasteiger partial charge in [0.15, 0.2) is 0 Å². The first-order valence-corrected chi connectivity index (χ1v) is 7.79. The van der Waals surface area contributed by atoms with Crippen molar-refractivity contribution in [2.75, 3.05) is 0 Å². The molecule has 2 aliphatic rings. The Labute approximate surface area is 124 Å². The molecule has 1 N–H and O–H groups in total. The Morgan fingerprint density at radius 3 is 2.67 bits per heavy atom. The number of rotatable bonds is 2. The van der Waals surface area contributed by atoms with Gasteiger partial charge in [-0.15, -0.1) is 0 Å². The summed E-state index contributed by atoms with van der Waals surface area (Å²) in [5.41, 5.74) is 2.62.